The van der Waals surface area contributed by atoms with Crippen LogP contribution < -0.4 is 10.0 Å². The molecule has 23 heavy (non-hydrogen) atoms. The van der Waals surface area contributed by atoms with Crippen molar-refractivity contribution in [1.29, 1.82) is 0 Å². The molecule has 1 aromatic carbocycles. The molecule has 0 saturated carbocycles. The summed E-state index contributed by atoms with van der Waals surface area (Å²) < 4.78 is 62.7. The van der Waals surface area contributed by atoms with Crippen LogP contribution in [-0.2, 0) is 25.8 Å². The number of halogens is 3. The number of β-amino-alcohol motifs (C(OH)–C–C–N with tert-alkyl or cyclic N) is 1. The number of rotatable bonds is 3. The van der Waals surface area contributed by atoms with Crippen LogP contribution in [0.3, 0.4) is 0 Å². The van der Waals surface area contributed by atoms with Gasteiger partial charge in [0.15, 0.2) is 0 Å². The fraction of sp³-hybridized carbons (Fsp3) is 0.333. The standard InChI is InChI=1S/C12H11F3N2O5S/c13-12(14,15)6-1-3-7(4-2-6)23(21,22)17-11(20)9-8(18)5-16-10(9)19/h1-4,8-9,18H,5H2,(H,16,19)(H,17,20). The fourth-order valence-electron chi connectivity index (χ4n) is 1.98. The van der Waals surface area contributed by atoms with E-state index in [0.29, 0.717) is 24.3 Å². The summed E-state index contributed by atoms with van der Waals surface area (Å²) in [5, 5.41) is 11.6. The van der Waals surface area contributed by atoms with Crippen molar-refractivity contribution >= 4 is 21.8 Å². The van der Waals surface area contributed by atoms with Crippen LogP contribution in [0.5, 0.6) is 0 Å². The lowest BCUT2D eigenvalue weighted by Crippen LogP contribution is -2.42. The summed E-state index contributed by atoms with van der Waals surface area (Å²) in [7, 11) is -4.46. The molecule has 1 saturated heterocycles. The summed E-state index contributed by atoms with van der Waals surface area (Å²) >= 11 is 0. The van der Waals surface area contributed by atoms with E-state index < -0.39 is 50.5 Å². The van der Waals surface area contributed by atoms with Crippen LogP contribution in [0.4, 0.5) is 13.2 Å². The van der Waals surface area contributed by atoms with Crippen molar-refractivity contribution in [2.45, 2.75) is 17.2 Å². The van der Waals surface area contributed by atoms with Gasteiger partial charge in [-0.25, -0.2) is 13.1 Å². The molecular weight excluding hydrogens is 341 g/mol. The van der Waals surface area contributed by atoms with E-state index in [1.54, 1.807) is 4.72 Å². The van der Waals surface area contributed by atoms with Crippen molar-refractivity contribution in [3.8, 4) is 0 Å². The van der Waals surface area contributed by atoms with Crippen LogP contribution in [0.2, 0.25) is 0 Å². The van der Waals surface area contributed by atoms with E-state index >= 15 is 0 Å². The van der Waals surface area contributed by atoms with E-state index in [1.165, 1.54) is 0 Å². The van der Waals surface area contributed by atoms with Crippen molar-refractivity contribution in [1.82, 2.24) is 10.0 Å². The van der Waals surface area contributed by atoms with Gasteiger partial charge in [0, 0.05) is 6.54 Å². The second-order valence-corrected chi connectivity index (χ2v) is 6.46. The van der Waals surface area contributed by atoms with Gasteiger partial charge >= 0.3 is 6.18 Å². The fourth-order valence-corrected chi connectivity index (χ4v) is 2.98. The summed E-state index contributed by atoms with van der Waals surface area (Å²) in [5.74, 6) is -3.69. The van der Waals surface area contributed by atoms with Crippen molar-refractivity contribution < 1.29 is 36.3 Å². The molecule has 2 unspecified atom stereocenters. The molecule has 0 radical (unpaired) electrons. The Bertz CT molecular complexity index is 730. The SMILES string of the molecule is O=C1NCC(O)C1C(=O)NS(=O)(=O)c1ccc(C(F)(F)F)cc1. The molecule has 0 aromatic heterocycles. The number of carbonyl (C=O) groups excluding carboxylic acids is 2. The maximum Gasteiger partial charge on any atom is 0.416 e. The van der Waals surface area contributed by atoms with Crippen LogP contribution in [-0.4, -0.2) is 38.0 Å². The molecule has 0 aliphatic carbocycles. The third kappa shape index (κ3) is 3.62. The summed E-state index contributed by atoms with van der Waals surface area (Å²) in [5.41, 5.74) is -1.05. The van der Waals surface area contributed by atoms with E-state index in [4.69, 9.17) is 0 Å². The first-order valence-corrected chi connectivity index (χ1v) is 7.70. The number of carbonyl (C=O) groups is 2. The summed E-state index contributed by atoms with van der Waals surface area (Å²) in [6, 6.07) is 2.47. The highest BCUT2D eigenvalue weighted by molar-refractivity contribution is 7.90. The Morgan fingerprint density at radius 3 is 2.26 bits per heavy atom. The van der Waals surface area contributed by atoms with Gasteiger partial charge in [0.1, 0.15) is 5.92 Å². The van der Waals surface area contributed by atoms with Crippen molar-refractivity contribution in [3.05, 3.63) is 29.8 Å². The first-order valence-electron chi connectivity index (χ1n) is 6.22. The van der Waals surface area contributed by atoms with Crippen LogP contribution in [0.25, 0.3) is 0 Å². The monoisotopic (exact) mass is 352 g/mol. The van der Waals surface area contributed by atoms with Gasteiger partial charge in [-0.15, -0.1) is 0 Å². The number of nitrogens with one attached hydrogen (secondary N) is 2. The first kappa shape index (κ1) is 17.2. The van der Waals surface area contributed by atoms with Crippen LogP contribution in [0.15, 0.2) is 29.2 Å². The van der Waals surface area contributed by atoms with Gasteiger partial charge in [-0.2, -0.15) is 13.2 Å². The zero-order valence-electron chi connectivity index (χ0n) is 11.3. The number of hydrogen-bond acceptors (Lipinski definition) is 5. The average Bonchev–Trinajstić information content (AvgIpc) is 2.77. The van der Waals surface area contributed by atoms with Crippen molar-refractivity contribution in [3.63, 3.8) is 0 Å². The van der Waals surface area contributed by atoms with Gasteiger partial charge in [0.25, 0.3) is 10.0 Å². The third-order valence-corrected chi connectivity index (χ3v) is 4.52. The summed E-state index contributed by atoms with van der Waals surface area (Å²) in [6.45, 7) is -0.197. The topological polar surface area (TPSA) is 113 Å². The Labute approximate surface area is 128 Å². The number of hydrogen-bond donors (Lipinski definition) is 3. The molecule has 2 atom stereocenters. The van der Waals surface area contributed by atoms with Crippen molar-refractivity contribution in [2.24, 2.45) is 5.92 Å². The molecule has 11 heteroatoms. The van der Waals surface area contributed by atoms with E-state index in [-0.39, 0.29) is 6.54 Å². The van der Waals surface area contributed by atoms with E-state index in [2.05, 4.69) is 5.32 Å². The first-order chi connectivity index (χ1) is 10.5. The molecule has 3 N–H and O–H groups in total. The molecule has 1 heterocycles. The number of benzene rings is 1. The van der Waals surface area contributed by atoms with E-state index in [9.17, 15) is 36.3 Å². The predicted molar refractivity (Wildman–Crippen MR) is 69.3 cm³/mol. The molecular formula is C12H11F3N2O5S. The Balaban J connectivity index is 2.19. The van der Waals surface area contributed by atoms with Gasteiger partial charge in [-0.1, -0.05) is 0 Å². The van der Waals surface area contributed by atoms with Gasteiger partial charge in [0.05, 0.1) is 16.6 Å². The average molecular weight is 352 g/mol. The Morgan fingerprint density at radius 1 is 1.26 bits per heavy atom. The largest absolute Gasteiger partial charge is 0.416 e. The molecule has 0 spiro atoms. The number of sulfonamides is 1. The lowest BCUT2D eigenvalue weighted by molar-refractivity contribution is -0.138. The van der Waals surface area contributed by atoms with Crippen LogP contribution in [0, 0.1) is 5.92 Å². The molecule has 1 aromatic rings. The van der Waals surface area contributed by atoms with Gasteiger partial charge < -0.3 is 10.4 Å². The van der Waals surface area contributed by atoms with Gasteiger partial charge in [-0.3, -0.25) is 9.59 Å². The molecule has 0 bridgehead atoms. The second kappa shape index (κ2) is 5.81. The highest BCUT2D eigenvalue weighted by atomic mass is 32.2. The highest BCUT2D eigenvalue weighted by Crippen LogP contribution is 2.29. The second-order valence-electron chi connectivity index (χ2n) is 4.78. The zero-order chi connectivity index (χ0) is 17.4. The molecule has 126 valence electrons. The lowest BCUT2D eigenvalue weighted by Gasteiger charge is -2.13. The van der Waals surface area contributed by atoms with Crippen LogP contribution in [0.1, 0.15) is 5.56 Å². The van der Waals surface area contributed by atoms with E-state index in [0.717, 1.165) is 0 Å². The lowest BCUT2D eigenvalue weighted by atomic mass is 10.1. The molecule has 1 aliphatic rings. The number of aliphatic hydroxyl groups excluding tert-OH is 1. The van der Waals surface area contributed by atoms with Crippen molar-refractivity contribution in [2.75, 3.05) is 6.54 Å². The quantitative estimate of drug-likeness (QED) is 0.642. The minimum Gasteiger partial charge on any atom is -0.390 e. The third-order valence-electron chi connectivity index (χ3n) is 3.16. The highest BCUT2D eigenvalue weighted by Gasteiger charge is 2.40. The number of aliphatic hydroxyl groups is 1. The van der Waals surface area contributed by atoms with Gasteiger partial charge in [0.2, 0.25) is 11.8 Å². The molecule has 1 aliphatic heterocycles. The van der Waals surface area contributed by atoms with E-state index in [1.807, 2.05) is 0 Å². The Morgan fingerprint density at radius 2 is 1.83 bits per heavy atom. The minimum absolute atomic E-state index is 0.197. The summed E-state index contributed by atoms with van der Waals surface area (Å²) in [4.78, 5) is 22.6. The molecule has 2 amide bonds. The zero-order valence-corrected chi connectivity index (χ0v) is 12.1. The number of alkyl halides is 3. The maximum atomic E-state index is 12.4. The Kier molecular flexibility index (Phi) is 4.35. The van der Waals surface area contributed by atoms with Crippen LogP contribution >= 0.6 is 0 Å². The molecule has 7 nitrogen and oxygen atoms in total. The smallest absolute Gasteiger partial charge is 0.390 e. The number of amides is 2. The van der Waals surface area contributed by atoms with Gasteiger partial charge in [-0.05, 0) is 24.3 Å². The maximum absolute atomic E-state index is 12.4. The summed E-state index contributed by atoms with van der Waals surface area (Å²) in [6.07, 6.45) is -6.01. The molecule has 1 fully saturated rings. The molecule has 2 rings (SSSR count). The Hall–Kier alpha value is -2.14. The predicted octanol–water partition coefficient (Wildman–Crippen LogP) is -0.383. The normalized spacial score (nSPS) is 21.8. The minimum atomic E-state index is -4.63.